The molecule has 2 aromatic rings. The van der Waals surface area contributed by atoms with E-state index in [0.29, 0.717) is 0 Å². The molecule has 0 radical (unpaired) electrons. The van der Waals surface area contributed by atoms with Crippen molar-refractivity contribution in [2.24, 2.45) is 0 Å². The molecule has 2 aromatic carbocycles. The quantitative estimate of drug-likeness (QED) is 0.139. The summed E-state index contributed by atoms with van der Waals surface area (Å²) < 4.78 is 0. The van der Waals surface area contributed by atoms with Gasteiger partial charge >= 0.3 is 0 Å². The molecule has 0 aliphatic carbocycles. The van der Waals surface area contributed by atoms with Crippen LogP contribution in [0.4, 0.5) is 0 Å². The van der Waals surface area contributed by atoms with Crippen molar-refractivity contribution in [3.05, 3.63) is 46.5 Å². The molecule has 0 bridgehead atoms. The Labute approximate surface area is 262 Å². The first-order valence-corrected chi connectivity index (χ1v) is 18.1. The van der Waals surface area contributed by atoms with Gasteiger partial charge in [-0.2, -0.15) is 0 Å². The summed E-state index contributed by atoms with van der Waals surface area (Å²) in [6, 6.07) is 9.03. The molecule has 5 heteroatoms. The van der Waals surface area contributed by atoms with E-state index < -0.39 is 0 Å². The Bertz CT molecular complexity index is 750. The van der Waals surface area contributed by atoms with Crippen molar-refractivity contribution in [2.45, 2.75) is 141 Å². The summed E-state index contributed by atoms with van der Waals surface area (Å²) in [6.45, 7) is 18.2. The average molecular weight is 601 g/mol. The minimum Gasteiger partial charge on any atom is -0.126 e. The van der Waals surface area contributed by atoms with Crippen LogP contribution in [-0.4, -0.2) is 23.0 Å². The number of rotatable bonds is 16. The van der Waals surface area contributed by atoms with Gasteiger partial charge < -0.3 is 0 Å². The zero-order chi connectivity index (χ0) is 26.8. The molecule has 0 N–H and O–H groups in total. The van der Waals surface area contributed by atoms with Crippen molar-refractivity contribution in [3.8, 4) is 0 Å². The maximum Gasteiger partial charge on any atom is 0.0136 e. The van der Waals surface area contributed by atoms with Gasteiger partial charge in [0.15, 0.2) is 0 Å². The zero-order valence-electron chi connectivity index (χ0n) is 25.1. The van der Waals surface area contributed by atoms with Gasteiger partial charge in [0.05, 0.1) is 0 Å². The van der Waals surface area contributed by atoms with Gasteiger partial charge in [-0.05, 0) is 123 Å². The monoisotopic (exact) mass is 600 g/mol. The van der Waals surface area contributed by atoms with Crippen molar-refractivity contribution < 1.29 is 6.15 Å². The molecular weight excluding hydrogens is 541 g/mol. The van der Waals surface area contributed by atoms with Crippen molar-refractivity contribution in [1.82, 2.24) is 0 Å². The number of benzene rings is 2. The zero-order valence-corrected chi connectivity index (χ0v) is 28.4. The standard InChI is InChI=1S/C18H30S2.C14H22S2.2CH4.He/c1-7-9-11-19-17-13(3)15(5)18(16(6)14(17)4)20-12-10-8-2;1-3-5-11-15-13-7-9-14(10-8-13)16-12-6-4-2;;;/h7-12H2,1-6H3;7-10H,3-6,11-12H2,1-2H3;2*1H4;. The van der Waals surface area contributed by atoms with Crippen molar-refractivity contribution >= 4 is 47.0 Å². The molecule has 0 saturated heterocycles. The molecule has 0 amide bonds. The molecule has 0 nitrogen and oxygen atoms in total. The molecule has 0 atom stereocenters. The molecule has 222 valence electrons. The summed E-state index contributed by atoms with van der Waals surface area (Å²) in [5.74, 6) is 5.00. The smallest absolute Gasteiger partial charge is 0.0136 e. The normalized spacial score (nSPS) is 10.1. The third-order valence-electron chi connectivity index (χ3n) is 6.33. The van der Waals surface area contributed by atoms with Crippen LogP contribution in [-0.2, 0) is 0 Å². The Kier molecular flexibility index (Phi) is 29.5. The molecule has 0 unspecified atom stereocenters. The second-order valence-corrected chi connectivity index (χ2v) is 14.0. The molecule has 0 aliphatic heterocycles. The fourth-order valence-corrected chi connectivity index (χ4v) is 8.36. The summed E-state index contributed by atoms with van der Waals surface area (Å²) in [5.41, 5.74) is 6.03. The third-order valence-corrected chi connectivity index (χ3v) is 11.3. The number of unbranched alkanes of at least 4 members (excludes halogenated alkanes) is 4. The van der Waals surface area contributed by atoms with Crippen LogP contribution in [0.15, 0.2) is 43.8 Å². The van der Waals surface area contributed by atoms with E-state index in [1.165, 1.54) is 116 Å². The van der Waals surface area contributed by atoms with Gasteiger partial charge in [-0.1, -0.05) is 68.2 Å². The van der Waals surface area contributed by atoms with Crippen LogP contribution in [0.2, 0.25) is 0 Å². The Hall–Kier alpha value is -0.251. The number of hydrogen-bond donors (Lipinski definition) is 0. The van der Waals surface area contributed by atoms with E-state index in [1.807, 2.05) is 23.5 Å². The second-order valence-electron chi connectivity index (χ2n) is 9.44. The van der Waals surface area contributed by atoms with Gasteiger partial charge in [0.2, 0.25) is 0 Å². The topological polar surface area (TPSA) is 0 Å². The summed E-state index contributed by atoms with van der Waals surface area (Å²) in [7, 11) is 0. The Morgan fingerprint density at radius 1 is 0.436 bits per heavy atom. The molecule has 0 aliphatic rings. The van der Waals surface area contributed by atoms with Gasteiger partial charge in [0.1, 0.15) is 0 Å². The first kappa shape index (κ1) is 43.2. The van der Waals surface area contributed by atoms with Crippen LogP contribution in [0.1, 0.15) is 116 Å². The van der Waals surface area contributed by atoms with Crippen LogP contribution < -0.4 is 0 Å². The van der Waals surface area contributed by atoms with Crippen molar-refractivity contribution in [1.29, 1.82) is 0 Å². The first-order valence-electron chi connectivity index (χ1n) is 14.1. The maximum atomic E-state index is 2.31. The van der Waals surface area contributed by atoms with Gasteiger partial charge in [-0.3, -0.25) is 0 Å². The van der Waals surface area contributed by atoms with Crippen LogP contribution in [0.3, 0.4) is 0 Å². The molecular formula is C34H60HeS4. The fraction of sp³-hybridized carbons (Fsp3) is 0.647. The van der Waals surface area contributed by atoms with Crippen molar-refractivity contribution in [2.75, 3.05) is 23.0 Å². The SMILES string of the molecule is C.C.CCCCSc1c(C)c(C)c(SCCCC)c(C)c1C.CCCCSc1ccc(SCCCC)cc1.[He]. The second kappa shape index (κ2) is 26.6. The number of thioether (sulfide) groups is 4. The summed E-state index contributed by atoms with van der Waals surface area (Å²) in [6.07, 6.45) is 10.4. The van der Waals surface area contributed by atoms with E-state index in [1.54, 1.807) is 0 Å². The van der Waals surface area contributed by atoms with Gasteiger partial charge in [-0.15, -0.1) is 47.0 Å². The van der Waals surface area contributed by atoms with Crippen LogP contribution in [0, 0.1) is 33.8 Å². The predicted octanol–water partition coefficient (Wildman–Crippen LogP) is 13.4. The van der Waals surface area contributed by atoms with E-state index in [9.17, 15) is 0 Å². The average Bonchev–Trinajstić information content (AvgIpc) is 2.89. The summed E-state index contributed by atoms with van der Waals surface area (Å²) in [4.78, 5) is 5.89. The summed E-state index contributed by atoms with van der Waals surface area (Å²) in [5, 5.41) is 0. The third kappa shape index (κ3) is 16.7. The minimum absolute atomic E-state index is 0. The first-order chi connectivity index (χ1) is 17.4. The van der Waals surface area contributed by atoms with E-state index in [-0.39, 0.29) is 21.0 Å². The number of hydrogen-bond acceptors (Lipinski definition) is 4. The predicted molar refractivity (Wildman–Crippen MR) is 188 cm³/mol. The Balaban J connectivity index is -0.000000629. The van der Waals surface area contributed by atoms with E-state index in [4.69, 9.17) is 0 Å². The molecule has 0 fully saturated rings. The van der Waals surface area contributed by atoms with Gasteiger partial charge in [0, 0.05) is 25.7 Å². The minimum atomic E-state index is 0. The van der Waals surface area contributed by atoms with Crippen molar-refractivity contribution in [3.63, 3.8) is 0 Å². The van der Waals surface area contributed by atoms with Crippen LogP contribution in [0.25, 0.3) is 0 Å². The van der Waals surface area contributed by atoms with E-state index in [0.717, 1.165) is 0 Å². The fourth-order valence-electron chi connectivity index (χ4n) is 3.61. The van der Waals surface area contributed by atoms with E-state index in [2.05, 4.69) is 103 Å². The summed E-state index contributed by atoms with van der Waals surface area (Å²) >= 11 is 8.05. The van der Waals surface area contributed by atoms with Crippen LogP contribution in [0.5, 0.6) is 0 Å². The van der Waals surface area contributed by atoms with Crippen LogP contribution >= 0.6 is 47.0 Å². The molecule has 2 rings (SSSR count). The molecule has 0 saturated carbocycles. The molecule has 0 heterocycles. The molecule has 0 spiro atoms. The maximum absolute atomic E-state index is 2.31. The molecule has 39 heavy (non-hydrogen) atoms. The largest absolute Gasteiger partial charge is 0.126 e. The van der Waals surface area contributed by atoms with E-state index >= 15 is 0 Å². The Morgan fingerprint density at radius 2 is 0.667 bits per heavy atom. The van der Waals surface area contributed by atoms with Gasteiger partial charge in [-0.25, -0.2) is 0 Å². The van der Waals surface area contributed by atoms with Gasteiger partial charge in [0.25, 0.3) is 0 Å². The molecule has 0 aromatic heterocycles. The Morgan fingerprint density at radius 3 is 0.897 bits per heavy atom.